The van der Waals surface area contributed by atoms with Crippen molar-refractivity contribution in [2.75, 3.05) is 20.4 Å². The highest BCUT2D eigenvalue weighted by Gasteiger charge is 2.13. The Morgan fingerprint density at radius 1 is 1.41 bits per heavy atom. The number of nitrogens with zero attached hydrogens (tertiary/aromatic N) is 1. The maximum Gasteiger partial charge on any atom is 0.122 e. The van der Waals surface area contributed by atoms with E-state index in [9.17, 15) is 0 Å². The van der Waals surface area contributed by atoms with Gasteiger partial charge in [0.05, 0.1) is 12.3 Å². The number of halogens is 1. The molecule has 0 bridgehead atoms. The summed E-state index contributed by atoms with van der Waals surface area (Å²) in [6.45, 7) is 1.78. The highest BCUT2D eigenvalue weighted by molar-refractivity contribution is 6.30. The van der Waals surface area contributed by atoms with E-state index in [4.69, 9.17) is 22.1 Å². The van der Waals surface area contributed by atoms with Crippen molar-refractivity contribution in [2.45, 2.75) is 6.54 Å². The van der Waals surface area contributed by atoms with Crippen molar-refractivity contribution in [3.05, 3.63) is 46.4 Å². The van der Waals surface area contributed by atoms with Gasteiger partial charge >= 0.3 is 0 Å². The predicted molar refractivity (Wildman–Crippen MR) is 68.1 cm³/mol. The Morgan fingerprint density at radius 2 is 2.12 bits per heavy atom. The van der Waals surface area contributed by atoms with Gasteiger partial charge in [-0.2, -0.15) is 0 Å². The van der Waals surface area contributed by atoms with Crippen LogP contribution >= 0.6 is 11.6 Å². The molecule has 1 aromatic rings. The van der Waals surface area contributed by atoms with Crippen molar-refractivity contribution in [2.24, 2.45) is 5.73 Å². The van der Waals surface area contributed by atoms with Gasteiger partial charge < -0.3 is 20.7 Å². The zero-order chi connectivity index (χ0) is 12.3. The van der Waals surface area contributed by atoms with Crippen LogP contribution in [0, 0.1) is 0 Å². The fourth-order valence-electron chi connectivity index (χ4n) is 1.61. The number of benzene rings is 1. The molecule has 1 aliphatic rings. The number of nitrogens with one attached hydrogen (secondary N) is 1. The molecule has 17 heavy (non-hydrogen) atoms. The van der Waals surface area contributed by atoms with Crippen LogP contribution in [0.15, 0.2) is 35.8 Å². The predicted octanol–water partition coefficient (Wildman–Crippen LogP) is 1.48. The molecule has 0 saturated carbocycles. The quantitative estimate of drug-likeness (QED) is 0.857. The van der Waals surface area contributed by atoms with Crippen molar-refractivity contribution < 1.29 is 4.74 Å². The number of hydrogen-bond donors (Lipinski definition) is 2. The largest absolute Gasteiger partial charge is 0.384 e. The fraction of sp³-hybridized carbons (Fsp3) is 0.333. The Bertz CT molecular complexity index is 416. The molecule has 0 aliphatic carbocycles. The molecular weight excluding hydrogens is 238 g/mol. The molecule has 0 fully saturated rings. The molecular formula is C12H16ClN3O. The van der Waals surface area contributed by atoms with Crippen LogP contribution in [0.5, 0.6) is 0 Å². The third kappa shape index (κ3) is 3.05. The molecule has 3 N–H and O–H groups in total. The molecule has 1 heterocycles. The third-order valence-electron chi connectivity index (χ3n) is 2.67. The van der Waals surface area contributed by atoms with Crippen LogP contribution < -0.4 is 11.1 Å². The number of rotatable bonds is 3. The Balaban J connectivity index is 1.98. The lowest BCUT2D eigenvalue weighted by atomic mass is 10.2. The van der Waals surface area contributed by atoms with Crippen LogP contribution in [0.1, 0.15) is 5.56 Å². The topological polar surface area (TPSA) is 50.5 Å². The van der Waals surface area contributed by atoms with E-state index in [0.29, 0.717) is 19.9 Å². The average Bonchev–Trinajstić information content (AvgIpc) is 2.33. The smallest absolute Gasteiger partial charge is 0.122 e. The zero-order valence-corrected chi connectivity index (χ0v) is 10.5. The lowest BCUT2D eigenvalue weighted by Gasteiger charge is -2.28. The standard InChI is InChI=1S/C12H16ClN3O/c1-16-8-17-7-11(12(16)14)15-6-9-2-4-10(13)5-3-9/h2-5,15H,6-8,14H2,1H3. The Kier molecular flexibility index (Phi) is 3.76. The fourth-order valence-corrected chi connectivity index (χ4v) is 1.74. The van der Waals surface area contributed by atoms with Crippen LogP contribution in [-0.2, 0) is 11.3 Å². The van der Waals surface area contributed by atoms with Gasteiger partial charge in [-0.15, -0.1) is 0 Å². The van der Waals surface area contributed by atoms with E-state index < -0.39 is 0 Å². The number of nitrogens with two attached hydrogens (primary N) is 1. The summed E-state index contributed by atoms with van der Waals surface area (Å²) in [5, 5.41) is 4.03. The number of hydrogen-bond acceptors (Lipinski definition) is 4. The second-order valence-electron chi connectivity index (χ2n) is 4.02. The number of ether oxygens (including phenoxy) is 1. The Morgan fingerprint density at radius 3 is 2.82 bits per heavy atom. The molecule has 92 valence electrons. The van der Waals surface area contributed by atoms with Crippen molar-refractivity contribution >= 4 is 11.6 Å². The van der Waals surface area contributed by atoms with Gasteiger partial charge in [-0.05, 0) is 17.7 Å². The second kappa shape index (κ2) is 5.29. The first-order valence-electron chi connectivity index (χ1n) is 5.42. The summed E-state index contributed by atoms with van der Waals surface area (Å²) in [6.07, 6.45) is 0. The van der Waals surface area contributed by atoms with Crippen LogP contribution in [0.25, 0.3) is 0 Å². The second-order valence-corrected chi connectivity index (χ2v) is 4.46. The van der Waals surface area contributed by atoms with Gasteiger partial charge in [0.2, 0.25) is 0 Å². The van der Waals surface area contributed by atoms with Crippen LogP contribution in [0.3, 0.4) is 0 Å². The lowest BCUT2D eigenvalue weighted by molar-refractivity contribution is 0.0492. The highest BCUT2D eigenvalue weighted by atomic mass is 35.5. The Labute approximate surface area is 106 Å². The molecule has 5 heteroatoms. The minimum Gasteiger partial charge on any atom is -0.384 e. The molecule has 0 amide bonds. The summed E-state index contributed by atoms with van der Waals surface area (Å²) >= 11 is 5.83. The molecule has 0 unspecified atom stereocenters. The van der Waals surface area contributed by atoms with E-state index in [1.54, 1.807) is 0 Å². The summed E-state index contributed by atoms with van der Waals surface area (Å²) < 4.78 is 5.38. The first-order chi connectivity index (χ1) is 8.16. The molecule has 0 saturated heterocycles. The summed E-state index contributed by atoms with van der Waals surface area (Å²) in [4.78, 5) is 1.87. The van der Waals surface area contributed by atoms with Gasteiger partial charge in [-0.25, -0.2) is 0 Å². The summed E-state index contributed by atoms with van der Waals surface area (Å²) in [5.41, 5.74) is 8.03. The van der Waals surface area contributed by atoms with Gasteiger partial charge in [0.1, 0.15) is 12.6 Å². The van der Waals surface area contributed by atoms with Crippen LogP contribution in [-0.4, -0.2) is 25.3 Å². The normalized spacial score (nSPS) is 16.2. The SMILES string of the molecule is CN1COCC(NCc2ccc(Cl)cc2)=C1N. The maximum absolute atomic E-state index is 5.95. The third-order valence-corrected chi connectivity index (χ3v) is 2.92. The van der Waals surface area contributed by atoms with E-state index in [0.717, 1.165) is 22.1 Å². The van der Waals surface area contributed by atoms with Gasteiger partial charge in [0.15, 0.2) is 0 Å². The molecule has 4 nitrogen and oxygen atoms in total. The lowest BCUT2D eigenvalue weighted by Crippen LogP contribution is -2.37. The molecule has 0 aromatic heterocycles. The molecule has 0 spiro atoms. The van der Waals surface area contributed by atoms with Crippen molar-refractivity contribution in [1.29, 1.82) is 0 Å². The van der Waals surface area contributed by atoms with Gasteiger partial charge in [0, 0.05) is 18.6 Å². The first-order valence-corrected chi connectivity index (χ1v) is 5.80. The zero-order valence-electron chi connectivity index (χ0n) is 9.74. The molecule has 1 aliphatic heterocycles. The minimum absolute atomic E-state index is 0.532. The minimum atomic E-state index is 0.532. The maximum atomic E-state index is 5.95. The summed E-state index contributed by atoms with van der Waals surface area (Å²) in [5.74, 6) is 0.741. The van der Waals surface area contributed by atoms with E-state index in [1.165, 1.54) is 0 Å². The molecule has 1 aromatic carbocycles. The Hall–Kier alpha value is -1.39. The van der Waals surface area contributed by atoms with Crippen LogP contribution in [0.2, 0.25) is 5.02 Å². The summed E-state index contributed by atoms with van der Waals surface area (Å²) in [7, 11) is 1.90. The molecule has 0 atom stereocenters. The van der Waals surface area contributed by atoms with Gasteiger partial charge in [-0.1, -0.05) is 23.7 Å². The average molecular weight is 254 g/mol. The van der Waals surface area contributed by atoms with E-state index in [2.05, 4.69) is 5.32 Å². The summed E-state index contributed by atoms with van der Waals surface area (Å²) in [6, 6.07) is 7.72. The van der Waals surface area contributed by atoms with Crippen LogP contribution in [0.4, 0.5) is 0 Å². The van der Waals surface area contributed by atoms with E-state index >= 15 is 0 Å². The highest BCUT2D eigenvalue weighted by Crippen LogP contribution is 2.11. The van der Waals surface area contributed by atoms with E-state index in [1.807, 2.05) is 36.2 Å². The monoisotopic (exact) mass is 253 g/mol. The van der Waals surface area contributed by atoms with Crippen molar-refractivity contribution in [1.82, 2.24) is 10.2 Å². The van der Waals surface area contributed by atoms with Crippen molar-refractivity contribution in [3.63, 3.8) is 0 Å². The van der Waals surface area contributed by atoms with Crippen molar-refractivity contribution in [3.8, 4) is 0 Å². The van der Waals surface area contributed by atoms with Gasteiger partial charge in [0.25, 0.3) is 0 Å². The van der Waals surface area contributed by atoms with E-state index in [-0.39, 0.29) is 0 Å². The molecule has 0 radical (unpaired) electrons. The first kappa shape index (κ1) is 12.1. The molecule has 2 rings (SSSR count). The van der Waals surface area contributed by atoms with Gasteiger partial charge in [-0.3, -0.25) is 0 Å².